The van der Waals surface area contributed by atoms with Gasteiger partial charge in [0.2, 0.25) is 11.6 Å². The molecule has 0 aliphatic heterocycles. The molecule has 0 amide bonds. The van der Waals surface area contributed by atoms with Crippen molar-refractivity contribution < 1.29 is 60.6 Å². The van der Waals surface area contributed by atoms with E-state index in [2.05, 4.69) is 25.6 Å². The molecular formula is C28H22CrN8O11S. The molecule has 0 aliphatic carbocycles. The Morgan fingerprint density at radius 3 is 1.94 bits per heavy atom. The second-order valence-corrected chi connectivity index (χ2v) is 10.8. The zero-order valence-electron chi connectivity index (χ0n) is 24.7. The molecule has 0 bridgehead atoms. The molecule has 4 aromatic carbocycles. The van der Waals surface area contributed by atoms with Crippen molar-refractivity contribution >= 4 is 44.2 Å². The molecular weight excluding hydrogens is 708 g/mol. The second kappa shape index (κ2) is 15.5. The number of nitrogens with zero attached hydrogens (tertiary/aromatic N) is 8. The van der Waals surface area contributed by atoms with Crippen molar-refractivity contribution in [3.05, 3.63) is 111 Å². The van der Waals surface area contributed by atoms with Crippen LogP contribution in [0.5, 0.6) is 23.1 Å². The number of para-hydroxylation sites is 2. The van der Waals surface area contributed by atoms with E-state index in [9.17, 15) is 49.1 Å². The Labute approximate surface area is 286 Å². The molecule has 5 N–H and O–H groups in total. The minimum absolute atomic E-state index is 0. The molecule has 252 valence electrons. The minimum Gasteiger partial charge on any atom is -0.506 e. The quantitative estimate of drug-likeness (QED) is 0.0489. The predicted molar refractivity (Wildman–Crippen MR) is 166 cm³/mol. The molecule has 21 heteroatoms. The van der Waals surface area contributed by atoms with Crippen LogP contribution < -0.4 is 0 Å². The molecule has 5 rings (SSSR count). The van der Waals surface area contributed by atoms with E-state index in [0.717, 1.165) is 18.2 Å². The van der Waals surface area contributed by atoms with Gasteiger partial charge in [-0.25, -0.2) is 0 Å². The summed E-state index contributed by atoms with van der Waals surface area (Å²) in [6.07, 6.45) is 0. The summed E-state index contributed by atoms with van der Waals surface area (Å²) in [7, 11) is -4.81. The van der Waals surface area contributed by atoms with Crippen LogP contribution in [0.3, 0.4) is 0 Å². The van der Waals surface area contributed by atoms with Gasteiger partial charge in [-0.2, -0.15) is 18.2 Å². The summed E-state index contributed by atoms with van der Waals surface area (Å²) in [4.78, 5) is 19.2. The Bertz CT molecular complexity index is 2190. The smallest absolute Gasteiger partial charge is 0.314 e. The SMILES string of the molecule is Cc1nn(-c2ccccc2)c(O)c1N=Nc1cc(S(=O)(=O)O)cc([N+](=O)[O-])c1O.O=[N+]([O-])c1ccc(O)c(N=Nc2ccccc2O)c1.[Cr]. The number of nitro benzene ring substituents is 2. The number of azo groups is 2. The number of non-ortho nitro benzene ring substituents is 1. The minimum atomic E-state index is -4.81. The summed E-state index contributed by atoms with van der Waals surface area (Å²) in [6.45, 7) is 1.52. The first-order chi connectivity index (χ1) is 22.7. The fraction of sp³-hybridized carbons (Fsp3) is 0.0357. The zero-order valence-corrected chi connectivity index (χ0v) is 26.8. The fourth-order valence-corrected chi connectivity index (χ4v) is 4.30. The monoisotopic (exact) mass is 730 g/mol. The van der Waals surface area contributed by atoms with Gasteiger partial charge in [-0.15, -0.1) is 20.5 Å². The average molecular weight is 731 g/mol. The van der Waals surface area contributed by atoms with Gasteiger partial charge in [-0.05, 0) is 43.3 Å². The molecule has 0 saturated heterocycles. The third-order valence-electron chi connectivity index (χ3n) is 6.12. The Kier molecular flexibility index (Phi) is 11.8. The van der Waals surface area contributed by atoms with Gasteiger partial charge >= 0.3 is 5.69 Å². The maximum Gasteiger partial charge on any atom is 0.314 e. The number of aromatic nitrogens is 2. The number of phenols is 3. The van der Waals surface area contributed by atoms with Crippen LogP contribution in [-0.4, -0.2) is 53.0 Å². The number of aromatic hydroxyl groups is 4. The van der Waals surface area contributed by atoms with Crippen LogP contribution >= 0.6 is 0 Å². The van der Waals surface area contributed by atoms with Crippen molar-refractivity contribution in [1.82, 2.24) is 9.78 Å². The van der Waals surface area contributed by atoms with E-state index in [1.54, 1.807) is 42.5 Å². The molecule has 5 aromatic rings. The number of phenolic OH excluding ortho intramolecular Hbond substituents is 3. The van der Waals surface area contributed by atoms with E-state index in [-0.39, 0.29) is 57.3 Å². The van der Waals surface area contributed by atoms with E-state index in [0.29, 0.717) is 17.8 Å². The number of rotatable bonds is 8. The molecule has 1 heterocycles. The van der Waals surface area contributed by atoms with Gasteiger partial charge in [0.25, 0.3) is 15.8 Å². The van der Waals surface area contributed by atoms with Crippen molar-refractivity contribution in [3.63, 3.8) is 0 Å². The number of benzene rings is 4. The largest absolute Gasteiger partial charge is 0.506 e. The summed E-state index contributed by atoms with van der Waals surface area (Å²) in [5.74, 6) is -1.66. The van der Waals surface area contributed by atoms with Gasteiger partial charge < -0.3 is 20.4 Å². The van der Waals surface area contributed by atoms with E-state index in [1.165, 1.54) is 23.7 Å². The molecule has 0 spiro atoms. The van der Waals surface area contributed by atoms with Crippen LogP contribution in [0.25, 0.3) is 5.69 Å². The third-order valence-corrected chi connectivity index (χ3v) is 6.95. The molecule has 0 aliphatic rings. The standard InChI is InChI=1S/C16H13N5O7S.C12H9N3O4.Cr/c1-9-14(16(23)20(19-9)10-5-3-2-4-6-10)18-17-12-7-11(29(26,27)28)8-13(15(12)22)21(24)25;16-11-4-2-1-3-9(11)13-14-10-7-8(15(18)19)5-6-12(10)17;/h2-8,22-23H,1H3,(H,26,27,28);1-7,16-17H;. The predicted octanol–water partition coefficient (Wildman–Crippen LogP) is 6.58. The molecule has 49 heavy (non-hydrogen) atoms. The van der Waals surface area contributed by atoms with Crippen molar-refractivity contribution in [1.29, 1.82) is 0 Å². The fourth-order valence-electron chi connectivity index (χ4n) is 3.78. The number of aryl methyl sites for hydroxylation is 1. The molecule has 0 saturated carbocycles. The Morgan fingerprint density at radius 2 is 1.33 bits per heavy atom. The van der Waals surface area contributed by atoms with E-state index in [4.69, 9.17) is 4.55 Å². The van der Waals surface area contributed by atoms with Crippen LogP contribution in [0.15, 0.2) is 110 Å². The van der Waals surface area contributed by atoms with Crippen molar-refractivity contribution in [2.75, 3.05) is 0 Å². The number of nitro groups is 2. The second-order valence-electron chi connectivity index (χ2n) is 9.37. The maximum atomic E-state index is 11.3. The number of hydrogen-bond acceptors (Lipinski definition) is 15. The Hall–Kier alpha value is -6.27. The summed E-state index contributed by atoms with van der Waals surface area (Å²) >= 11 is 0. The van der Waals surface area contributed by atoms with E-state index in [1.807, 2.05) is 0 Å². The molecule has 1 aromatic heterocycles. The maximum absolute atomic E-state index is 11.3. The van der Waals surface area contributed by atoms with Crippen molar-refractivity contribution in [2.24, 2.45) is 20.5 Å². The Balaban J connectivity index is 0.000000283. The Morgan fingerprint density at radius 1 is 0.735 bits per heavy atom. The molecule has 0 fully saturated rings. The van der Waals surface area contributed by atoms with Crippen LogP contribution in [0.4, 0.5) is 34.1 Å². The average Bonchev–Trinajstić information content (AvgIpc) is 3.33. The molecule has 0 atom stereocenters. The topological polar surface area (TPSA) is 289 Å². The zero-order chi connectivity index (χ0) is 35.2. The van der Waals surface area contributed by atoms with E-state index >= 15 is 0 Å². The molecule has 0 radical (unpaired) electrons. The summed E-state index contributed by atoms with van der Waals surface area (Å²) in [5.41, 5.74) is -0.965. The molecule has 0 unspecified atom stereocenters. The first kappa shape index (κ1) is 37.2. The van der Waals surface area contributed by atoms with Crippen LogP contribution in [-0.2, 0) is 27.5 Å². The van der Waals surface area contributed by atoms with Gasteiger partial charge in [0.15, 0.2) is 5.69 Å². The summed E-state index contributed by atoms with van der Waals surface area (Å²) < 4.78 is 33.0. The van der Waals surface area contributed by atoms with E-state index < -0.39 is 47.9 Å². The van der Waals surface area contributed by atoms with Gasteiger partial charge in [0, 0.05) is 35.6 Å². The van der Waals surface area contributed by atoms with Gasteiger partial charge in [-0.3, -0.25) is 24.8 Å². The molecule has 19 nitrogen and oxygen atoms in total. The van der Waals surface area contributed by atoms with Gasteiger partial charge in [0.05, 0.1) is 21.2 Å². The van der Waals surface area contributed by atoms with Crippen molar-refractivity contribution in [2.45, 2.75) is 11.8 Å². The summed E-state index contributed by atoms with van der Waals surface area (Å²) in [5, 5.41) is 79.9. The number of hydrogen-bond donors (Lipinski definition) is 5. The first-order valence-corrected chi connectivity index (χ1v) is 14.5. The summed E-state index contributed by atoms with van der Waals surface area (Å²) in [6, 6.07) is 19.4. The van der Waals surface area contributed by atoms with Crippen molar-refractivity contribution in [3.8, 4) is 28.8 Å². The third kappa shape index (κ3) is 8.96. The van der Waals surface area contributed by atoms with Crippen LogP contribution in [0.1, 0.15) is 5.69 Å². The van der Waals surface area contributed by atoms with Crippen LogP contribution in [0, 0.1) is 27.2 Å². The van der Waals surface area contributed by atoms with Gasteiger partial charge in [0.1, 0.15) is 33.5 Å². The normalized spacial score (nSPS) is 11.1. The van der Waals surface area contributed by atoms with Crippen LogP contribution in [0.2, 0.25) is 0 Å². The first-order valence-electron chi connectivity index (χ1n) is 13.1. The van der Waals surface area contributed by atoms with Gasteiger partial charge in [-0.1, -0.05) is 30.3 Å².